The zero-order valence-corrected chi connectivity index (χ0v) is 14.7. The quantitative estimate of drug-likeness (QED) is 0.782. The minimum Gasteiger partial charge on any atom is -0.355 e. The summed E-state index contributed by atoms with van der Waals surface area (Å²) < 4.78 is 0. The van der Waals surface area contributed by atoms with Gasteiger partial charge in [0.15, 0.2) is 0 Å². The number of carbonyl (C=O) groups excluding carboxylic acids is 3. The number of hydrogen-bond donors (Lipinski definition) is 2. The summed E-state index contributed by atoms with van der Waals surface area (Å²) >= 11 is 0. The van der Waals surface area contributed by atoms with Crippen molar-refractivity contribution in [3.63, 3.8) is 0 Å². The molecule has 0 aromatic heterocycles. The third kappa shape index (κ3) is 3.75. The van der Waals surface area contributed by atoms with E-state index in [1.165, 1.54) is 0 Å². The number of imide groups is 1. The van der Waals surface area contributed by atoms with Gasteiger partial charge in [0, 0.05) is 6.54 Å². The predicted molar refractivity (Wildman–Crippen MR) is 91.2 cm³/mol. The van der Waals surface area contributed by atoms with Crippen LogP contribution in [-0.2, 0) is 15.1 Å². The molecule has 4 amide bonds. The Morgan fingerprint density at radius 3 is 2.46 bits per heavy atom. The highest BCUT2D eigenvalue weighted by molar-refractivity contribution is 6.09. The van der Waals surface area contributed by atoms with Gasteiger partial charge in [0.1, 0.15) is 12.1 Å². The summed E-state index contributed by atoms with van der Waals surface area (Å²) in [5.41, 5.74) is 0.637. The molecule has 0 bridgehead atoms. The van der Waals surface area contributed by atoms with Gasteiger partial charge >= 0.3 is 6.03 Å². The molecule has 0 saturated carbocycles. The van der Waals surface area contributed by atoms with E-state index in [0.717, 1.165) is 16.9 Å². The lowest BCUT2D eigenvalue weighted by Gasteiger charge is -2.22. The van der Waals surface area contributed by atoms with E-state index in [1.807, 2.05) is 31.2 Å². The number of nitrogens with zero attached hydrogens (tertiary/aromatic N) is 1. The lowest BCUT2D eigenvalue weighted by molar-refractivity contribution is -0.134. The van der Waals surface area contributed by atoms with Gasteiger partial charge in [-0.15, -0.1) is 0 Å². The molecule has 0 spiro atoms. The standard InChI is InChI=1S/C18H25N3O3/c1-12(2)9-10-19-15(22)11-21-16(23)18(4,20-17(21)24)14-7-5-13(3)6-8-14/h5-8,12H,9-11H2,1-4H3,(H,19,22)(H,20,24). The van der Waals surface area contributed by atoms with E-state index in [2.05, 4.69) is 24.5 Å². The van der Waals surface area contributed by atoms with Crippen LogP contribution in [0.2, 0.25) is 0 Å². The van der Waals surface area contributed by atoms with Crippen LogP contribution in [0.25, 0.3) is 0 Å². The summed E-state index contributed by atoms with van der Waals surface area (Å²) in [7, 11) is 0. The van der Waals surface area contributed by atoms with E-state index >= 15 is 0 Å². The molecule has 24 heavy (non-hydrogen) atoms. The van der Waals surface area contributed by atoms with E-state index in [1.54, 1.807) is 6.92 Å². The average molecular weight is 331 g/mol. The van der Waals surface area contributed by atoms with Crippen molar-refractivity contribution < 1.29 is 14.4 Å². The molecule has 1 heterocycles. The first kappa shape index (κ1) is 18.0. The molecule has 1 fully saturated rings. The second kappa shape index (κ2) is 7.03. The Kier molecular flexibility index (Phi) is 5.26. The van der Waals surface area contributed by atoms with Crippen molar-refractivity contribution in [3.8, 4) is 0 Å². The van der Waals surface area contributed by atoms with E-state index in [4.69, 9.17) is 0 Å². The van der Waals surface area contributed by atoms with Crippen LogP contribution >= 0.6 is 0 Å². The average Bonchev–Trinajstić information content (AvgIpc) is 2.72. The van der Waals surface area contributed by atoms with Crippen molar-refractivity contribution in [3.05, 3.63) is 35.4 Å². The molecule has 1 aliphatic heterocycles. The van der Waals surface area contributed by atoms with Crippen molar-refractivity contribution in [1.82, 2.24) is 15.5 Å². The number of amides is 4. The minimum absolute atomic E-state index is 0.260. The highest BCUT2D eigenvalue weighted by Gasteiger charge is 2.49. The maximum absolute atomic E-state index is 12.7. The predicted octanol–water partition coefficient (Wildman–Crippen LogP) is 1.92. The van der Waals surface area contributed by atoms with Crippen molar-refractivity contribution in [2.45, 2.75) is 39.7 Å². The third-order valence-electron chi connectivity index (χ3n) is 4.25. The Hall–Kier alpha value is -2.37. The van der Waals surface area contributed by atoms with Crippen LogP contribution in [0, 0.1) is 12.8 Å². The molecule has 1 aromatic rings. The number of hydrogen-bond acceptors (Lipinski definition) is 3. The smallest absolute Gasteiger partial charge is 0.325 e. The van der Waals surface area contributed by atoms with Gasteiger partial charge in [-0.05, 0) is 31.7 Å². The largest absolute Gasteiger partial charge is 0.355 e. The first-order valence-corrected chi connectivity index (χ1v) is 8.22. The van der Waals surface area contributed by atoms with Gasteiger partial charge in [-0.1, -0.05) is 43.7 Å². The Labute approximate surface area is 142 Å². The minimum atomic E-state index is -1.14. The van der Waals surface area contributed by atoms with E-state index in [9.17, 15) is 14.4 Å². The molecule has 6 nitrogen and oxygen atoms in total. The molecule has 130 valence electrons. The first-order chi connectivity index (χ1) is 11.2. The highest BCUT2D eigenvalue weighted by atomic mass is 16.2. The molecular weight excluding hydrogens is 306 g/mol. The van der Waals surface area contributed by atoms with Gasteiger partial charge in [0.2, 0.25) is 5.91 Å². The van der Waals surface area contributed by atoms with Gasteiger partial charge in [0.05, 0.1) is 0 Å². The molecule has 0 aliphatic carbocycles. The Bertz CT molecular complexity index is 639. The number of urea groups is 1. The van der Waals surface area contributed by atoms with Gasteiger partial charge < -0.3 is 10.6 Å². The summed E-state index contributed by atoms with van der Waals surface area (Å²) in [6.45, 7) is 8.02. The van der Waals surface area contributed by atoms with Crippen molar-refractivity contribution in [1.29, 1.82) is 0 Å². The first-order valence-electron chi connectivity index (χ1n) is 8.22. The Balaban J connectivity index is 2.05. The third-order valence-corrected chi connectivity index (χ3v) is 4.25. The number of carbonyl (C=O) groups is 3. The summed E-state index contributed by atoms with van der Waals surface area (Å²) in [6.07, 6.45) is 0.854. The molecule has 2 rings (SSSR count). The zero-order chi connectivity index (χ0) is 17.9. The summed E-state index contributed by atoms with van der Waals surface area (Å²) in [5, 5.41) is 5.45. The lowest BCUT2D eigenvalue weighted by Crippen LogP contribution is -2.43. The zero-order valence-electron chi connectivity index (χ0n) is 14.7. The van der Waals surface area contributed by atoms with Gasteiger partial charge in [-0.25, -0.2) is 4.79 Å². The van der Waals surface area contributed by atoms with E-state index < -0.39 is 17.5 Å². The van der Waals surface area contributed by atoms with Crippen LogP contribution in [0.15, 0.2) is 24.3 Å². The molecule has 1 atom stereocenters. The topological polar surface area (TPSA) is 78.5 Å². The maximum atomic E-state index is 12.7. The molecule has 0 radical (unpaired) electrons. The fraction of sp³-hybridized carbons (Fsp3) is 0.500. The van der Waals surface area contributed by atoms with Crippen LogP contribution in [-0.4, -0.2) is 35.8 Å². The van der Waals surface area contributed by atoms with Crippen molar-refractivity contribution in [2.75, 3.05) is 13.1 Å². The molecular formula is C18H25N3O3. The Morgan fingerprint density at radius 1 is 1.25 bits per heavy atom. The lowest BCUT2D eigenvalue weighted by atomic mass is 9.91. The number of benzene rings is 1. The molecule has 6 heteroatoms. The van der Waals surface area contributed by atoms with Crippen LogP contribution in [0.4, 0.5) is 4.79 Å². The van der Waals surface area contributed by atoms with E-state index in [-0.39, 0.29) is 12.5 Å². The second-order valence-corrected chi connectivity index (χ2v) is 6.84. The molecule has 1 aliphatic rings. The summed E-state index contributed by atoms with van der Waals surface area (Å²) in [5.74, 6) is -0.255. The highest BCUT2D eigenvalue weighted by Crippen LogP contribution is 2.28. The van der Waals surface area contributed by atoms with Crippen LogP contribution in [0.5, 0.6) is 0 Å². The fourth-order valence-electron chi connectivity index (χ4n) is 2.62. The van der Waals surface area contributed by atoms with Gasteiger partial charge in [0.25, 0.3) is 5.91 Å². The molecule has 1 saturated heterocycles. The normalized spacial score (nSPS) is 20.5. The van der Waals surface area contributed by atoms with Gasteiger partial charge in [-0.3, -0.25) is 14.5 Å². The number of nitrogens with one attached hydrogen (secondary N) is 2. The van der Waals surface area contributed by atoms with Gasteiger partial charge in [-0.2, -0.15) is 0 Å². The number of aryl methyl sites for hydroxylation is 1. The van der Waals surface area contributed by atoms with Crippen molar-refractivity contribution >= 4 is 17.8 Å². The fourth-order valence-corrected chi connectivity index (χ4v) is 2.62. The second-order valence-electron chi connectivity index (χ2n) is 6.84. The molecule has 1 unspecified atom stereocenters. The number of rotatable bonds is 6. The SMILES string of the molecule is Cc1ccc(C2(C)NC(=O)N(CC(=O)NCCC(C)C)C2=O)cc1. The summed E-state index contributed by atoms with van der Waals surface area (Å²) in [4.78, 5) is 37.8. The van der Waals surface area contributed by atoms with Crippen LogP contribution in [0.1, 0.15) is 38.3 Å². The van der Waals surface area contributed by atoms with Crippen LogP contribution in [0.3, 0.4) is 0 Å². The maximum Gasteiger partial charge on any atom is 0.325 e. The van der Waals surface area contributed by atoms with Crippen molar-refractivity contribution in [2.24, 2.45) is 5.92 Å². The monoisotopic (exact) mass is 331 g/mol. The Morgan fingerprint density at radius 2 is 1.88 bits per heavy atom. The summed E-state index contributed by atoms with van der Waals surface area (Å²) in [6, 6.07) is 6.88. The van der Waals surface area contributed by atoms with E-state index in [0.29, 0.717) is 18.0 Å². The van der Waals surface area contributed by atoms with Crippen LogP contribution < -0.4 is 10.6 Å². The molecule has 1 aromatic carbocycles. The molecule has 2 N–H and O–H groups in total.